The van der Waals surface area contributed by atoms with E-state index in [1.807, 2.05) is 6.92 Å². The molecule has 0 radical (unpaired) electrons. The summed E-state index contributed by atoms with van der Waals surface area (Å²) >= 11 is 5.73. The first-order chi connectivity index (χ1) is 10.3. The van der Waals surface area contributed by atoms with Crippen molar-refractivity contribution in [3.8, 4) is 0 Å². The van der Waals surface area contributed by atoms with Crippen LogP contribution >= 0.6 is 11.6 Å². The van der Waals surface area contributed by atoms with E-state index in [-0.39, 0.29) is 10.5 Å². The molecule has 0 aliphatic rings. The van der Waals surface area contributed by atoms with Crippen molar-refractivity contribution in [1.29, 1.82) is 0 Å². The molecule has 0 saturated carbocycles. The van der Waals surface area contributed by atoms with Crippen molar-refractivity contribution in [2.45, 2.75) is 17.9 Å². The Morgan fingerprint density at radius 3 is 2.14 bits per heavy atom. The smallest absolute Gasteiger partial charge is 0.339 e. The van der Waals surface area contributed by atoms with E-state index in [0.29, 0.717) is 5.02 Å². The Labute approximate surface area is 133 Å². The Morgan fingerprint density at radius 2 is 1.64 bits per heavy atom. The summed E-state index contributed by atoms with van der Waals surface area (Å²) in [7, 11) is -4.19. The van der Waals surface area contributed by atoms with Gasteiger partial charge in [0.05, 0.1) is 4.90 Å². The average molecular weight is 341 g/mol. The van der Waals surface area contributed by atoms with E-state index in [0.717, 1.165) is 5.56 Å². The highest BCUT2D eigenvalue weighted by Crippen LogP contribution is 2.25. The van der Waals surface area contributed by atoms with Gasteiger partial charge in [0.2, 0.25) is 0 Å². The van der Waals surface area contributed by atoms with Crippen LogP contribution in [0.4, 0.5) is 0 Å². The SMILES string of the molecule is Cc1ccc(S(=O)(=O)OC(C(=O)O)c2ccc(Cl)cc2)cc1. The molecule has 1 N–H and O–H groups in total. The van der Waals surface area contributed by atoms with Crippen molar-refractivity contribution in [2.24, 2.45) is 0 Å². The summed E-state index contributed by atoms with van der Waals surface area (Å²) in [6, 6.07) is 11.7. The van der Waals surface area contributed by atoms with E-state index in [9.17, 15) is 18.3 Å². The lowest BCUT2D eigenvalue weighted by Gasteiger charge is -2.14. The number of aryl methyl sites for hydroxylation is 1. The monoisotopic (exact) mass is 340 g/mol. The Morgan fingerprint density at radius 1 is 1.09 bits per heavy atom. The molecular formula is C15H13ClO5S. The highest BCUT2D eigenvalue weighted by Gasteiger charge is 2.28. The van der Waals surface area contributed by atoms with Crippen LogP contribution in [0.25, 0.3) is 0 Å². The predicted octanol–water partition coefficient (Wildman–Crippen LogP) is 3.18. The van der Waals surface area contributed by atoms with Gasteiger partial charge in [0.1, 0.15) is 0 Å². The van der Waals surface area contributed by atoms with Gasteiger partial charge < -0.3 is 5.11 Å². The van der Waals surface area contributed by atoms with E-state index >= 15 is 0 Å². The number of carboxylic acids is 1. The van der Waals surface area contributed by atoms with Gasteiger partial charge in [-0.25, -0.2) is 8.98 Å². The summed E-state index contributed by atoms with van der Waals surface area (Å²) < 4.78 is 29.3. The zero-order chi connectivity index (χ0) is 16.3. The molecule has 0 saturated heterocycles. The minimum absolute atomic E-state index is 0.0988. The number of halogens is 1. The maximum atomic E-state index is 12.2. The molecule has 5 nitrogen and oxygen atoms in total. The van der Waals surface area contributed by atoms with Gasteiger partial charge in [-0.1, -0.05) is 41.4 Å². The van der Waals surface area contributed by atoms with E-state index in [2.05, 4.69) is 0 Å². The van der Waals surface area contributed by atoms with E-state index in [1.165, 1.54) is 36.4 Å². The molecule has 0 aliphatic carbocycles. The Hall–Kier alpha value is -1.89. The highest BCUT2D eigenvalue weighted by atomic mass is 35.5. The number of benzene rings is 2. The van der Waals surface area contributed by atoms with Gasteiger partial charge in [-0.2, -0.15) is 8.42 Å². The molecule has 116 valence electrons. The van der Waals surface area contributed by atoms with Crippen molar-refractivity contribution >= 4 is 27.7 Å². The number of carbonyl (C=O) groups is 1. The molecule has 0 amide bonds. The molecular weight excluding hydrogens is 328 g/mol. The van der Waals surface area contributed by atoms with Crippen LogP contribution in [0.1, 0.15) is 17.2 Å². The van der Waals surface area contributed by atoms with Crippen LogP contribution in [0.2, 0.25) is 5.02 Å². The number of aliphatic carboxylic acids is 1. The largest absolute Gasteiger partial charge is 0.479 e. The minimum atomic E-state index is -4.19. The van der Waals surface area contributed by atoms with Crippen LogP contribution in [-0.4, -0.2) is 19.5 Å². The first kappa shape index (κ1) is 16.5. The second-order valence-corrected chi connectivity index (χ2v) is 6.64. The van der Waals surface area contributed by atoms with Crippen molar-refractivity contribution in [1.82, 2.24) is 0 Å². The third-order valence-electron chi connectivity index (χ3n) is 2.93. The van der Waals surface area contributed by atoms with Gasteiger partial charge in [-0.15, -0.1) is 0 Å². The molecule has 1 atom stereocenters. The summed E-state index contributed by atoms with van der Waals surface area (Å²) in [4.78, 5) is 11.2. The van der Waals surface area contributed by atoms with Gasteiger partial charge in [0, 0.05) is 5.02 Å². The Kier molecular flexibility index (Phi) is 4.85. The van der Waals surface area contributed by atoms with Crippen LogP contribution < -0.4 is 0 Å². The predicted molar refractivity (Wildman–Crippen MR) is 81.3 cm³/mol. The van der Waals surface area contributed by atoms with Crippen LogP contribution in [-0.2, 0) is 19.1 Å². The topological polar surface area (TPSA) is 80.7 Å². The molecule has 2 aromatic carbocycles. The number of rotatable bonds is 5. The molecule has 0 fully saturated rings. The van der Waals surface area contributed by atoms with Crippen molar-refractivity contribution < 1.29 is 22.5 Å². The van der Waals surface area contributed by atoms with E-state index < -0.39 is 22.2 Å². The molecule has 0 heterocycles. The summed E-state index contributed by atoms with van der Waals surface area (Å²) in [5.74, 6) is -1.40. The number of hydrogen-bond acceptors (Lipinski definition) is 4. The quantitative estimate of drug-likeness (QED) is 0.845. The molecule has 2 aromatic rings. The van der Waals surface area contributed by atoms with Crippen LogP contribution in [0.15, 0.2) is 53.4 Å². The second-order valence-electron chi connectivity index (χ2n) is 4.63. The fraction of sp³-hybridized carbons (Fsp3) is 0.133. The minimum Gasteiger partial charge on any atom is -0.479 e. The lowest BCUT2D eigenvalue weighted by atomic mass is 10.1. The summed E-state index contributed by atoms with van der Waals surface area (Å²) in [5, 5.41) is 9.64. The first-order valence-electron chi connectivity index (χ1n) is 6.28. The fourth-order valence-corrected chi connectivity index (χ4v) is 2.92. The van der Waals surface area contributed by atoms with Crippen molar-refractivity contribution in [3.05, 3.63) is 64.7 Å². The van der Waals surface area contributed by atoms with Gasteiger partial charge in [-0.05, 0) is 36.8 Å². The zero-order valence-electron chi connectivity index (χ0n) is 11.6. The average Bonchev–Trinajstić information content (AvgIpc) is 2.46. The van der Waals surface area contributed by atoms with Gasteiger partial charge >= 0.3 is 5.97 Å². The third kappa shape index (κ3) is 3.85. The molecule has 0 aliphatic heterocycles. The molecule has 2 rings (SSSR count). The Bertz CT molecular complexity index is 767. The molecule has 7 heteroatoms. The fourth-order valence-electron chi connectivity index (χ4n) is 1.76. The van der Waals surface area contributed by atoms with Gasteiger partial charge in [0.25, 0.3) is 10.1 Å². The van der Waals surface area contributed by atoms with Gasteiger partial charge in [0.15, 0.2) is 6.10 Å². The lowest BCUT2D eigenvalue weighted by Crippen LogP contribution is -2.19. The van der Waals surface area contributed by atoms with Crippen molar-refractivity contribution in [2.75, 3.05) is 0 Å². The van der Waals surface area contributed by atoms with Gasteiger partial charge in [-0.3, -0.25) is 0 Å². The zero-order valence-corrected chi connectivity index (χ0v) is 13.1. The Balaban J connectivity index is 2.33. The molecule has 1 unspecified atom stereocenters. The summed E-state index contributed by atoms with van der Waals surface area (Å²) in [5.41, 5.74) is 1.07. The van der Waals surface area contributed by atoms with Crippen molar-refractivity contribution in [3.63, 3.8) is 0 Å². The molecule has 0 spiro atoms. The number of carboxylic acid groups (broad SMARTS) is 1. The maximum Gasteiger partial charge on any atom is 0.339 e. The number of hydrogen-bond donors (Lipinski definition) is 1. The van der Waals surface area contributed by atoms with Crippen LogP contribution in [0.3, 0.4) is 0 Å². The van der Waals surface area contributed by atoms with E-state index in [4.69, 9.17) is 15.8 Å². The third-order valence-corrected chi connectivity index (χ3v) is 4.48. The second kappa shape index (κ2) is 6.48. The molecule has 0 bridgehead atoms. The lowest BCUT2D eigenvalue weighted by molar-refractivity contribution is -0.145. The molecule has 0 aromatic heterocycles. The first-order valence-corrected chi connectivity index (χ1v) is 8.06. The molecule has 22 heavy (non-hydrogen) atoms. The standard InChI is InChI=1S/C15H13ClO5S/c1-10-2-8-13(9-3-10)22(19,20)21-14(15(17)18)11-4-6-12(16)7-5-11/h2-9,14H,1H3,(H,17,18). The maximum absolute atomic E-state index is 12.2. The van der Waals surface area contributed by atoms with E-state index in [1.54, 1.807) is 12.1 Å². The van der Waals surface area contributed by atoms with Crippen LogP contribution in [0, 0.1) is 6.92 Å². The highest BCUT2D eigenvalue weighted by molar-refractivity contribution is 7.86. The normalized spacial score (nSPS) is 12.8. The summed E-state index contributed by atoms with van der Waals surface area (Å²) in [6.07, 6.45) is -1.64. The summed E-state index contributed by atoms with van der Waals surface area (Å²) in [6.45, 7) is 1.81. The van der Waals surface area contributed by atoms with Crippen LogP contribution in [0.5, 0.6) is 0 Å².